The van der Waals surface area contributed by atoms with Gasteiger partial charge >= 0.3 is 12.6 Å². The molecule has 0 bridgehead atoms. The number of carboxylic acid groups (broad SMARTS) is 1. The lowest BCUT2D eigenvalue weighted by molar-refractivity contribution is -0.138. The molecule has 98 valence electrons. The van der Waals surface area contributed by atoms with E-state index in [0.717, 1.165) is 5.56 Å². The van der Waals surface area contributed by atoms with Gasteiger partial charge in [0.25, 0.3) is 0 Å². The first-order valence-corrected chi connectivity index (χ1v) is 6.26. The van der Waals surface area contributed by atoms with Crippen molar-refractivity contribution in [2.24, 2.45) is 0 Å². The second kappa shape index (κ2) is 5.53. The predicted octanol–water partition coefficient (Wildman–Crippen LogP) is 2.08. The number of alkyl halides is 2. The van der Waals surface area contributed by atoms with Crippen molar-refractivity contribution >= 4 is 17.7 Å². The lowest BCUT2D eigenvalue weighted by Crippen LogP contribution is -2.33. The molecule has 2 atom stereocenters. The van der Waals surface area contributed by atoms with Crippen LogP contribution in [0.25, 0.3) is 0 Å². The lowest BCUT2D eigenvalue weighted by Gasteiger charge is -2.12. The Morgan fingerprint density at radius 3 is 2.61 bits per heavy atom. The van der Waals surface area contributed by atoms with E-state index in [1.54, 1.807) is 12.1 Å². The van der Waals surface area contributed by atoms with E-state index in [9.17, 15) is 13.6 Å². The Morgan fingerprint density at radius 1 is 1.44 bits per heavy atom. The molecule has 0 aromatic heterocycles. The Balaban J connectivity index is 2.00. The van der Waals surface area contributed by atoms with Gasteiger partial charge in [-0.2, -0.15) is 8.78 Å². The molecule has 1 aliphatic rings. The van der Waals surface area contributed by atoms with E-state index in [-0.39, 0.29) is 11.1 Å². The van der Waals surface area contributed by atoms with E-state index in [1.165, 1.54) is 23.9 Å². The summed E-state index contributed by atoms with van der Waals surface area (Å²) in [6.07, 6.45) is 0. The van der Waals surface area contributed by atoms with Crippen molar-refractivity contribution in [2.45, 2.75) is 18.0 Å². The van der Waals surface area contributed by atoms with Gasteiger partial charge in [0.15, 0.2) is 0 Å². The third-order valence-corrected chi connectivity index (χ3v) is 3.76. The lowest BCUT2D eigenvalue weighted by atomic mass is 10.2. The number of halogens is 2. The molecule has 0 radical (unpaired) electrons. The number of aliphatic carboxylic acids is 1. The van der Waals surface area contributed by atoms with Gasteiger partial charge in [-0.3, -0.25) is 10.1 Å². The Hall–Kier alpha value is -1.34. The van der Waals surface area contributed by atoms with Crippen LogP contribution in [0.1, 0.15) is 10.9 Å². The van der Waals surface area contributed by atoms with Crippen LogP contribution in [0.4, 0.5) is 8.78 Å². The van der Waals surface area contributed by atoms with E-state index >= 15 is 0 Å². The number of carbonyl (C=O) groups is 1. The van der Waals surface area contributed by atoms with E-state index in [2.05, 4.69) is 10.1 Å². The first-order chi connectivity index (χ1) is 8.56. The second-order valence-electron chi connectivity index (χ2n) is 3.72. The van der Waals surface area contributed by atoms with Crippen molar-refractivity contribution in [1.29, 1.82) is 0 Å². The van der Waals surface area contributed by atoms with Crippen LogP contribution in [-0.2, 0) is 4.79 Å². The van der Waals surface area contributed by atoms with Crippen molar-refractivity contribution in [3.8, 4) is 5.75 Å². The summed E-state index contributed by atoms with van der Waals surface area (Å²) < 4.78 is 28.2. The highest BCUT2D eigenvalue weighted by Crippen LogP contribution is 2.33. The zero-order valence-corrected chi connectivity index (χ0v) is 9.99. The second-order valence-corrected chi connectivity index (χ2v) is 4.86. The number of carboxylic acids is 1. The first kappa shape index (κ1) is 13.1. The molecule has 1 aromatic rings. The smallest absolute Gasteiger partial charge is 0.387 e. The molecule has 0 aliphatic carbocycles. The number of hydrogen-bond donors (Lipinski definition) is 2. The van der Waals surface area contributed by atoms with Crippen LogP contribution in [0.3, 0.4) is 0 Å². The molecule has 0 saturated carbocycles. The molecule has 1 aromatic carbocycles. The highest BCUT2D eigenvalue weighted by Gasteiger charge is 2.30. The third kappa shape index (κ3) is 3.11. The average Bonchev–Trinajstić information content (AvgIpc) is 2.78. The highest BCUT2D eigenvalue weighted by atomic mass is 32.2. The number of ether oxygens (including phenoxy) is 1. The normalized spacial score (nSPS) is 23.3. The largest absolute Gasteiger partial charge is 0.480 e. The van der Waals surface area contributed by atoms with Crippen LogP contribution in [-0.4, -0.2) is 29.5 Å². The van der Waals surface area contributed by atoms with Crippen molar-refractivity contribution in [2.75, 3.05) is 5.75 Å². The van der Waals surface area contributed by atoms with Gasteiger partial charge in [0, 0.05) is 5.75 Å². The van der Waals surface area contributed by atoms with Gasteiger partial charge in [-0.05, 0) is 17.7 Å². The van der Waals surface area contributed by atoms with Crippen LogP contribution in [0.15, 0.2) is 24.3 Å². The van der Waals surface area contributed by atoms with Crippen LogP contribution in [0.5, 0.6) is 5.75 Å². The summed E-state index contributed by atoms with van der Waals surface area (Å²) in [4.78, 5) is 10.8. The topological polar surface area (TPSA) is 58.6 Å². The molecular weight excluding hydrogens is 264 g/mol. The Bertz CT molecular complexity index is 427. The maximum Gasteiger partial charge on any atom is 0.387 e. The molecule has 1 heterocycles. The molecule has 0 unspecified atom stereocenters. The predicted molar refractivity (Wildman–Crippen MR) is 62.8 cm³/mol. The molecular formula is C11H11F2NO3S. The number of rotatable bonds is 4. The van der Waals surface area contributed by atoms with Crippen LogP contribution in [0.2, 0.25) is 0 Å². The fourth-order valence-corrected chi connectivity index (χ4v) is 2.86. The van der Waals surface area contributed by atoms with Crippen LogP contribution in [0, 0.1) is 0 Å². The maximum absolute atomic E-state index is 12.0. The number of nitrogens with one attached hydrogen (secondary N) is 1. The van der Waals surface area contributed by atoms with Crippen molar-refractivity contribution in [1.82, 2.24) is 5.32 Å². The van der Waals surface area contributed by atoms with Crippen molar-refractivity contribution < 1.29 is 23.4 Å². The third-order valence-electron chi connectivity index (χ3n) is 2.49. The van der Waals surface area contributed by atoms with Gasteiger partial charge in [-0.25, -0.2) is 0 Å². The summed E-state index contributed by atoms with van der Waals surface area (Å²) >= 11 is 1.47. The summed E-state index contributed by atoms with van der Waals surface area (Å²) in [7, 11) is 0. The number of hydrogen-bond acceptors (Lipinski definition) is 4. The summed E-state index contributed by atoms with van der Waals surface area (Å²) in [5.41, 5.74) is 0.838. The summed E-state index contributed by atoms with van der Waals surface area (Å²) in [6.45, 7) is -2.84. The minimum atomic E-state index is -2.84. The van der Waals surface area contributed by atoms with E-state index in [0.29, 0.717) is 5.75 Å². The van der Waals surface area contributed by atoms with Crippen molar-refractivity contribution in [3.63, 3.8) is 0 Å². The number of benzene rings is 1. The summed E-state index contributed by atoms with van der Waals surface area (Å²) in [5.74, 6) is -0.316. The van der Waals surface area contributed by atoms with E-state index in [1.807, 2.05) is 0 Å². The van der Waals surface area contributed by atoms with Gasteiger partial charge in [0.1, 0.15) is 11.8 Å². The zero-order valence-electron chi connectivity index (χ0n) is 9.18. The Morgan fingerprint density at radius 2 is 2.11 bits per heavy atom. The molecule has 4 nitrogen and oxygen atoms in total. The standard InChI is InChI=1S/C11H11F2NO3S/c12-11(13)17-7-3-1-6(2-4-7)9-14-8(5-18-9)10(15)16/h1-4,8-9,11,14H,5H2,(H,15,16)/t8-,9-/m0/s1. The molecule has 7 heteroatoms. The molecule has 1 aliphatic heterocycles. The van der Waals surface area contributed by atoms with Gasteiger partial charge in [-0.1, -0.05) is 12.1 Å². The van der Waals surface area contributed by atoms with E-state index in [4.69, 9.17) is 5.11 Å². The first-order valence-electron chi connectivity index (χ1n) is 5.21. The molecule has 2 rings (SSSR count). The molecule has 0 amide bonds. The summed E-state index contributed by atoms with van der Waals surface area (Å²) in [5, 5.41) is 11.7. The SMILES string of the molecule is O=C(O)[C@@H]1CS[C@@H](c2ccc(OC(F)F)cc2)N1. The van der Waals surface area contributed by atoms with E-state index < -0.39 is 18.6 Å². The highest BCUT2D eigenvalue weighted by molar-refractivity contribution is 7.99. The Labute approximate surface area is 106 Å². The minimum Gasteiger partial charge on any atom is -0.480 e. The molecule has 18 heavy (non-hydrogen) atoms. The van der Waals surface area contributed by atoms with Crippen molar-refractivity contribution in [3.05, 3.63) is 29.8 Å². The molecule has 1 saturated heterocycles. The Kier molecular flexibility index (Phi) is 4.03. The molecule has 2 N–H and O–H groups in total. The monoisotopic (exact) mass is 275 g/mol. The molecule has 1 fully saturated rings. The minimum absolute atomic E-state index is 0.0894. The van der Waals surface area contributed by atoms with Gasteiger partial charge in [-0.15, -0.1) is 11.8 Å². The fourth-order valence-electron chi connectivity index (χ4n) is 1.63. The average molecular weight is 275 g/mol. The quantitative estimate of drug-likeness (QED) is 0.881. The van der Waals surface area contributed by atoms with Gasteiger partial charge in [0.2, 0.25) is 0 Å². The number of thioether (sulfide) groups is 1. The van der Waals surface area contributed by atoms with Crippen LogP contribution >= 0.6 is 11.8 Å². The molecule has 0 spiro atoms. The van der Waals surface area contributed by atoms with Gasteiger partial charge < -0.3 is 9.84 Å². The van der Waals surface area contributed by atoms with Gasteiger partial charge in [0.05, 0.1) is 5.37 Å². The fraction of sp³-hybridized carbons (Fsp3) is 0.364. The summed E-state index contributed by atoms with van der Waals surface area (Å²) in [6, 6.07) is 5.60. The maximum atomic E-state index is 12.0. The zero-order chi connectivity index (χ0) is 13.1. The van der Waals surface area contributed by atoms with Crippen LogP contribution < -0.4 is 10.1 Å².